The third-order valence-electron chi connectivity index (χ3n) is 3.89. The van der Waals surface area contributed by atoms with Gasteiger partial charge in [0, 0.05) is 43.2 Å². The van der Waals surface area contributed by atoms with Crippen molar-refractivity contribution >= 4 is 5.91 Å². The molecule has 2 heterocycles. The van der Waals surface area contributed by atoms with Gasteiger partial charge in [-0.15, -0.1) is 0 Å². The van der Waals surface area contributed by atoms with Crippen LogP contribution in [0.15, 0.2) is 11.0 Å². The number of H-pyrrole nitrogens is 1. The van der Waals surface area contributed by atoms with Gasteiger partial charge < -0.3 is 10.3 Å². The van der Waals surface area contributed by atoms with Gasteiger partial charge in [-0.2, -0.15) is 0 Å². The highest BCUT2D eigenvalue weighted by Crippen LogP contribution is 2.18. The van der Waals surface area contributed by atoms with Gasteiger partial charge in [0.05, 0.1) is 5.92 Å². The molecule has 0 aliphatic carbocycles. The van der Waals surface area contributed by atoms with Crippen molar-refractivity contribution in [1.29, 1.82) is 0 Å². The lowest BCUT2D eigenvalue weighted by molar-refractivity contribution is -0.124. The molecule has 104 valence electrons. The van der Waals surface area contributed by atoms with Crippen molar-refractivity contribution < 1.29 is 4.79 Å². The van der Waals surface area contributed by atoms with Crippen LogP contribution >= 0.6 is 0 Å². The third-order valence-corrected chi connectivity index (χ3v) is 3.89. The van der Waals surface area contributed by atoms with E-state index >= 15 is 0 Å². The van der Waals surface area contributed by atoms with Gasteiger partial charge in [0.15, 0.2) is 5.43 Å². The molecule has 0 aromatic carbocycles. The number of pyridine rings is 1. The molecule has 19 heavy (non-hydrogen) atoms. The fraction of sp³-hybridized carbons (Fsp3) is 0.571. The Balaban J connectivity index is 2.06. The first-order valence-corrected chi connectivity index (χ1v) is 6.64. The molecule has 5 heteroatoms. The van der Waals surface area contributed by atoms with Crippen LogP contribution in [0.1, 0.15) is 23.2 Å². The number of aryl methyl sites for hydroxylation is 1. The van der Waals surface area contributed by atoms with E-state index in [0.717, 1.165) is 36.3 Å². The summed E-state index contributed by atoms with van der Waals surface area (Å²) in [6.45, 7) is 6.03. The predicted octanol–water partition coefficient (Wildman–Crippen LogP) is 0.560. The van der Waals surface area contributed by atoms with E-state index in [1.807, 2.05) is 13.8 Å². The molecule has 0 spiro atoms. The summed E-state index contributed by atoms with van der Waals surface area (Å²) < 4.78 is 0. The molecule has 1 aromatic heterocycles. The molecule has 0 saturated carbocycles. The van der Waals surface area contributed by atoms with E-state index in [0.29, 0.717) is 6.54 Å². The van der Waals surface area contributed by atoms with E-state index in [9.17, 15) is 9.59 Å². The number of aromatic nitrogens is 1. The SMILES string of the molecule is CNC(=O)[C@@H]1CCN(Cc2[nH]cc(C)c(=O)c2C)C1. The van der Waals surface area contributed by atoms with Crippen molar-refractivity contribution in [2.75, 3.05) is 20.1 Å². The number of hydrogen-bond donors (Lipinski definition) is 2. The van der Waals surface area contributed by atoms with Crippen LogP contribution in [-0.4, -0.2) is 35.9 Å². The molecule has 0 bridgehead atoms. The monoisotopic (exact) mass is 263 g/mol. The van der Waals surface area contributed by atoms with Gasteiger partial charge in [0.25, 0.3) is 0 Å². The molecule has 1 fully saturated rings. The van der Waals surface area contributed by atoms with Gasteiger partial charge in [-0.25, -0.2) is 0 Å². The molecule has 1 saturated heterocycles. The van der Waals surface area contributed by atoms with Crippen LogP contribution in [-0.2, 0) is 11.3 Å². The van der Waals surface area contributed by atoms with Gasteiger partial charge in [-0.05, 0) is 26.8 Å². The van der Waals surface area contributed by atoms with E-state index in [-0.39, 0.29) is 17.3 Å². The van der Waals surface area contributed by atoms with Crippen LogP contribution in [0, 0.1) is 19.8 Å². The van der Waals surface area contributed by atoms with E-state index in [1.165, 1.54) is 0 Å². The van der Waals surface area contributed by atoms with E-state index in [2.05, 4.69) is 15.2 Å². The summed E-state index contributed by atoms with van der Waals surface area (Å²) in [6.07, 6.45) is 2.64. The van der Waals surface area contributed by atoms with Crippen LogP contribution < -0.4 is 10.7 Å². The second-order valence-electron chi connectivity index (χ2n) is 5.24. The fourth-order valence-corrected chi connectivity index (χ4v) is 2.58. The number of nitrogens with one attached hydrogen (secondary N) is 2. The quantitative estimate of drug-likeness (QED) is 0.837. The number of likely N-dealkylation sites (tertiary alicyclic amines) is 1. The Bertz CT molecular complexity index is 536. The number of aromatic amines is 1. The summed E-state index contributed by atoms with van der Waals surface area (Å²) >= 11 is 0. The van der Waals surface area contributed by atoms with Crippen molar-refractivity contribution in [2.24, 2.45) is 5.92 Å². The zero-order chi connectivity index (χ0) is 14.0. The molecule has 1 amide bonds. The molecule has 0 unspecified atom stereocenters. The smallest absolute Gasteiger partial charge is 0.224 e. The van der Waals surface area contributed by atoms with Crippen molar-refractivity contribution in [3.8, 4) is 0 Å². The number of hydrogen-bond acceptors (Lipinski definition) is 3. The van der Waals surface area contributed by atoms with Gasteiger partial charge in [-0.3, -0.25) is 14.5 Å². The number of carbonyl (C=O) groups is 1. The van der Waals surface area contributed by atoms with E-state index in [1.54, 1.807) is 13.2 Å². The Hall–Kier alpha value is -1.62. The maximum Gasteiger partial charge on any atom is 0.224 e. The number of carbonyl (C=O) groups excluding carboxylic acids is 1. The lowest BCUT2D eigenvalue weighted by atomic mass is 10.1. The molecule has 1 aliphatic heterocycles. The Morgan fingerprint density at radius 2 is 2.26 bits per heavy atom. The van der Waals surface area contributed by atoms with Crippen LogP contribution in [0.3, 0.4) is 0 Å². The average Bonchev–Trinajstić information content (AvgIpc) is 2.87. The maximum absolute atomic E-state index is 11.9. The first-order chi connectivity index (χ1) is 9.02. The molecule has 0 radical (unpaired) electrons. The summed E-state index contributed by atoms with van der Waals surface area (Å²) in [5.41, 5.74) is 2.58. The Morgan fingerprint density at radius 1 is 1.53 bits per heavy atom. The number of rotatable bonds is 3. The zero-order valence-corrected chi connectivity index (χ0v) is 11.7. The summed E-state index contributed by atoms with van der Waals surface area (Å²) in [4.78, 5) is 28.9. The van der Waals surface area contributed by atoms with Crippen molar-refractivity contribution in [3.05, 3.63) is 33.2 Å². The van der Waals surface area contributed by atoms with Crippen molar-refractivity contribution in [3.63, 3.8) is 0 Å². The van der Waals surface area contributed by atoms with Crippen LogP contribution in [0.2, 0.25) is 0 Å². The van der Waals surface area contributed by atoms with Gasteiger partial charge in [0.2, 0.25) is 5.91 Å². The normalized spacial score (nSPS) is 19.6. The lowest BCUT2D eigenvalue weighted by Crippen LogP contribution is -2.30. The molecule has 1 aromatic rings. The second-order valence-corrected chi connectivity index (χ2v) is 5.24. The largest absolute Gasteiger partial charge is 0.363 e. The first kappa shape index (κ1) is 13.8. The average molecular weight is 263 g/mol. The molecular formula is C14H21N3O2. The predicted molar refractivity (Wildman–Crippen MR) is 74.0 cm³/mol. The van der Waals surface area contributed by atoms with Crippen LogP contribution in [0.5, 0.6) is 0 Å². The van der Waals surface area contributed by atoms with Gasteiger partial charge >= 0.3 is 0 Å². The van der Waals surface area contributed by atoms with Crippen LogP contribution in [0.25, 0.3) is 0 Å². The summed E-state index contributed by atoms with van der Waals surface area (Å²) in [5.74, 6) is 0.180. The first-order valence-electron chi connectivity index (χ1n) is 6.64. The fourth-order valence-electron chi connectivity index (χ4n) is 2.58. The highest BCUT2D eigenvalue weighted by molar-refractivity contribution is 5.78. The lowest BCUT2D eigenvalue weighted by Gasteiger charge is -2.17. The summed E-state index contributed by atoms with van der Waals surface area (Å²) in [6, 6.07) is 0. The molecular weight excluding hydrogens is 242 g/mol. The van der Waals surface area contributed by atoms with E-state index < -0.39 is 0 Å². The van der Waals surface area contributed by atoms with Crippen molar-refractivity contribution in [1.82, 2.24) is 15.2 Å². The minimum atomic E-state index is 0.0717. The minimum absolute atomic E-state index is 0.0717. The molecule has 2 rings (SSSR count). The maximum atomic E-state index is 11.9. The van der Waals surface area contributed by atoms with Crippen molar-refractivity contribution in [2.45, 2.75) is 26.8 Å². The molecule has 2 N–H and O–H groups in total. The second kappa shape index (κ2) is 5.57. The summed E-state index contributed by atoms with van der Waals surface area (Å²) in [5, 5.41) is 2.70. The van der Waals surface area contributed by atoms with E-state index in [4.69, 9.17) is 0 Å². The topological polar surface area (TPSA) is 65.2 Å². The van der Waals surface area contributed by atoms with Gasteiger partial charge in [-0.1, -0.05) is 0 Å². The number of amides is 1. The number of nitrogens with zero attached hydrogens (tertiary/aromatic N) is 1. The minimum Gasteiger partial charge on any atom is -0.363 e. The zero-order valence-electron chi connectivity index (χ0n) is 11.7. The Labute approximate surface area is 113 Å². The molecule has 1 aliphatic rings. The Morgan fingerprint density at radius 3 is 2.95 bits per heavy atom. The molecule has 1 atom stereocenters. The Kier molecular flexibility index (Phi) is 4.04. The van der Waals surface area contributed by atoms with Gasteiger partial charge in [0.1, 0.15) is 0 Å². The standard InChI is InChI=1S/C14H21N3O2/c1-9-6-16-12(10(2)13(9)18)8-17-5-4-11(7-17)14(19)15-3/h6,11H,4-5,7-8H2,1-3H3,(H,15,19)(H,16,18)/t11-/m1/s1. The highest BCUT2D eigenvalue weighted by Gasteiger charge is 2.27. The third kappa shape index (κ3) is 2.87. The highest BCUT2D eigenvalue weighted by atomic mass is 16.1. The molecule has 5 nitrogen and oxygen atoms in total. The summed E-state index contributed by atoms with van der Waals surface area (Å²) in [7, 11) is 1.67. The van der Waals surface area contributed by atoms with Crippen LogP contribution in [0.4, 0.5) is 0 Å².